The minimum absolute atomic E-state index is 0.0464. The van der Waals surface area contributed by atoms with Crippen LogP contribution in [0.1, 0.15) is 10.4 Å². The Morgan fingerprint density at radius 1 is 1.56 bits per heavy atom. The molecule has 16 heavy (non-hydrogen) atoms. The van der Waals surface area contributed by atoms with E-state index >= 15 is 0 Å². The first kappa shape index (κ1) is 11.4. The summed E-state index contributed by atoms with van der Waals surface area (Å²) in [5.74, 6) is 0.678. The second kappa shape index (κ2) is 4.84. The third-order valence-electron chi connectivity index (χ3n) is 2.53. The molecule has 0 unspecified atom stereocenters. The lowest BCUT2D eigenvalue weighted by molar-refractivity contribution is 0.0924. The van der Waals surface area contributed by atoms with Crippen molar-refractivity contribution in [2.45, 2.75) is 6.04 Å². The Morgan fingerprint density at radius 3 is 2.81 bits per heavy atom. The number of carbonyl (C=O) groups excluding carboxylic acids is 1. The molecule has 0 saturated carbocycles. The largest absolute Gasteiger partial charge is 0.496 e. The smallest absolute Gasteiger partial charge is 0.251 e. The molecular formula is C11H13BrN2O2. The van der Waals surface area contributed by atoms with Gasteiger partial charge in [-0.25, -0.2) is 0 Å². The maximum atomic E-state index is 11.8. The van der Waals surface area contributed by atoms with Crippen molar-refractivity contribution in [3.8, 4) is 5.75 Å². The average Bonchev–Trinajstić information content (AvgIpc) is 2.23. The second-order valence-corrected chi connectivity index (χ2v) is 4.53. The van der Waals surface area contributed by atoms with Gasteiger partial charge in [-0.05, 0) is 34.1 Å². The van der Waals surface area contributed by atoms with Gasteiger partial charge in [0.25, 0.3) is 5.91 Å². The lowest BCUT2D eigenvalue weighted by Gasteiger charge is -2.27. The molecule has 2 rings (SSSR count). The van der Waals surface area contributed by atoms with Crippen LogP contribution in [-0.2, 0) is 0 Å². The van der Waals surface area contributed by atoms with Crippen LogP contribution in [0, 0.1) is 0 Å². The monoisotopic (exact) mass is 284 g/mol. The van der Waals surface area contributed by atoms with Gasteiger partial charge in [0.05, 0.1) is 17.6 Å². The predicted molar refractivity (Wildman–Crippen MR) is 64.8 cm³/mol. The van der Waals surface area contributed by atoms with E-state index in [1.165, 1.54) is 0 Å². The van der Waals surface area contributed by atoms with Crippen molar-refractivity contribution in [3.63, 3.8) is 0 Å². The highest BCUT2D eigenvalue weighted by Crippen LogP contribution is 2.25. The normalized spacial score (nSPS) is 15.4. The molecule has 1 aliphatic heterocycles. The summed E-state index contributed by atoms with van der Waals surface area (Å²) < 4.78 is 5.89. The summed E-state index contributed by atoms with van der Waals surface area (Å²) >= 11 is 3.36. The molecule has 1 aliphatic rings. The summed E-state index contributed by atoms with van der Waals surface area (Å²) in [6.07, 6.45) is 0. The van der Waals surface area contributed by atoms with Crippen molar-refractivity contribution >= 4 is 21.8 Å². The summed E-state index contributed by atoms with van der Waals surface area (Å²) in [5.41, 5.74) is 0.638. The van der Waals surface area contributed by atoms with Crippen molar-refractivity contribution in [2.24, 2.45) is 0 Å². The molecule has 5 heteroatoms. The molecule has 86 valence electrons. The lowest BCUT2D eigenvalue weighted by Crippen LogP contribution is -2.56. The molecule has 0 atom stereocenters. The fraction of sp³-hybridized carbons (Fsp3) is 0.364. The Kier molecular flexibility index (Phi) is 3.46. The molecule has 0 aromatic heterocycles. The van der Waals surface area contributed by atoms with Gasteiger partial charge in [-0.3, -0.25) is 4.79 Å². The van der Waals surface area contributed by atoms with Crippen LogP contribution in [-0.4, -0.2) is 32.1 Å². The van der Waals surface area contributed by atoms with Gasteiger partial charge < -0.3 is 15.4 Å². The molecule has 2 N–H and O–H groups in total. The Hall–Kier alpha value is -1.07. The van der Waals surface area contributed by atoms with Crippen molar-refractivity contribution < 1.29 is 9.53 Å². The van der Waals surface area contributed by atoms with Gasteiger partial charge in [0.1, 0.15) is 5.75 Å². The van der Waals surface area contributed by atoms with E-state index in [1.54, 1.807) is 25.3 Å². The summed E-state index contributed by atoms with van der Waals surface area (Å²) in [7, 11) is 1.60. The van der Waals surface area contributed by atoms with E-state index in [9.17, 15) is 4.79 Å². The zero-order chi connectivity index (χ0) is 11.5. The van der Waals surface area contributed by atoms with Crippen LogP contribution in [0.4, 0.5) is 0 Å². The first-order valence-electron chi connectivity index (χ1n) is 5.06. The highest BCUT2D eigenvalue weighted by atomic mass is 79.9. The highest BCUT2D eigenvalue weighted by Gasteiger charge is 2.19. The van der Waals surface area contributed by atoms with Crippen molar-refractivity contribution in [1.82, 2.24) is 10.6 Å². The van der Waals surface area contributed by atoms with Gasteiger partial charge in [-0.2, -0.15) is 0 Å². The molecule has 1 aromatic rings. The Labute approximate surface area is 102 Å². The number of ether oxygens (including phenoxy) is 1. The van der Waals surface area contributed by atoms with Crippen molar-refractivity contribution in [1.29, 1.82) is 0 Å². The van der Waals surface area contributed by atoms with E-state index in [0.717, 1.165) is 23.3 Å². The molecule has 0 aliphatic carbocycles. The molecule has 0 radical (unpaired) electrons. The SMILES string of the molecule is COc1ccc(C(=O)NC2CNC2)cc1Br. The lowest BCUT2D eigenvalue weighted by atomic mass is 10.1. The van der Waals surface area contributed by atoms with E-state index in [4.69, 9.17) is 4.74 Å². The quantitative estimate of drug-likeness (QED) is 0.876. The van der Waals surface area contributed by atoms with E-state index < -0.39 is 0 Å². The first-order chi connectivity index (χ1) is 7.70. The molecule has 0 bridgehead atoms. The number of benzene rings is 1. The fourth-order valence-electron chi connectivity index (χ4n) is 1.47. The highest BCUT2D eigenvalue weighted by molar-refractivity contribution is 9.10. The second-order valence-electron chi connectivity index (χ2n) is 3.68. The standard InChI is InChI=1S/C11H13BrN2O2/c1-16-10-3-2-7(4-9(10)12)11(15)14-8-5-13-6-8/h2-4,8,13H,5-6H2,1H3,(H,14,15). The maximum Gasteiger partial charge on any atom is 0.251 e. The first-order valence-corrected chi connectivity index (χ1v) is 5.85. The molecule has 0 spiro atoms. The number of carbonyl (C=O) groups is 1. The number of hydrogen-bond donors (Lipinski definition) is 2. The minimum atomic E-state index is -0.0464. The Balaban J connectivity index is 2.07. The number of halogens is 1. The number of rotatable bonds is 3. The average molecular weight is 285 g/mol. The number of hydrogen-bond acceptors (Lipinski definition) is 3. The van der Waals surface area contributed by atoms with E-state index in [2.05, 4.69) is 26.6 Å². The van der Waals surface area contributed by atoms with E-state index in [1.807, 2.05) is 0 Å². The topological polar surface area (TPSA) is 50.4 Å². The maximum absolute atomic E-state index is 11.8. The Bertz CT molecular complexity index is 405. The molecule has 1 amide bonds. The van der Waals surface area contributed by atoms with Gasteiger partial charge in [-0.1, -0.05) is 0 Å². The summed E-state index contributed by atoms with van der Waals surface area (Å²) in [6.45, 7) is 1.70. The number of methoxy groups -OCH3 is 1. The van der Waals surface area contributed by atoms with Crippen LogP contribution in [0.3, 0.4) is 0 Å². The van der Waals surface area contributed by atoms with Crippen LogP contribution in [0.15, 0.2) is 22.7 Å². The molecule has 1 aromatic carbocycles. The van der Waals surface area contributed by atoms with E-state index in [0.29, 0.717) is 5.56 Å². The predicted octanol–water partition coefficient (Wildman–Crippen LogP) is 1.16. The zero-order valence-corrected chi connectivity index (χ0v) is 10.5. The molecule has 1 fully saturated rings. The van der Waals surface area contributed by atoms with Gasteiger partial charge >= 0.3 is 0 Å². The molecular weight excluding hydrogens is 272 g/mol. The van der Waals surface area contributed by atoms with Crippen LogP contribution < -0.4 is 15.4 Å². The van der Waals surface area contributed by atoms with Gasteiger partial charge in [0.2, 0.25) is 0 Å². The summed E-state index contributed by atoms with van der Waals surface area (Å²) in [5, 5.41) is 6.04. The number of amides is 1. The molecule has 1 saturated heterocycles. The minimum Gasteiger partial charge on any atom is -0.496 e. The third-order valence-corrected chi connectivity index (χ3v) is 3.15. The molecule has 1 heterocycles. The van der Waals surface area contributed by atoms with Crippen LogP contribution >= 0.6 is 15.9 Å². The van der Waals surface area contributed by atoms with Crippen LogP contribution in [0.25, 0.3) is 0 Å². The summed E-state index contributed by atoms with van der Waals surface area (Å²) in [6, 6.07) is 5.55. The fourth-order valence-corrected chi connectivity index (χ4v) is 2.01. The molecule has 4 nitrogen and oxygen atoms in total. The van der Waals surface area contributed by atoms with Crippen molar-refractivity contribution in [2.75, 3.05) is 20.2 Å². The van der Waals surface area contributed by atoms with Crippen LogP contribution in [0.5, 0.6) is 5.75 Å². The summed E-state index contributed by atoms with van der Waals surface area (Å²) in [4.78, 5) is 11.8. The van der Waals surface area contributed by atoms with Crippen molar-refractivity contribution in [3.05, 3.63) is 28.2 Å². The third kappa shape index (κ3) is 2.36. The van der Waals surface area contributed by atoms with E-state index in [-0.39, 0.29) is 11.9 Å². The number of nitrogens with one attached hydrogen (secondary N) is 2. The van der Waals surface area contributed by atoms with Gasteiger partial charge in [0, 0.05) is 18.7 Å². The van der Waals surface area contributed by atoms with Crippen LogP contribution in [0.2, 0.25) is 0 Å². The Morgan fingerprint density at radius 2 is 2.31 bits per heavy atom. The van der Waals surface area contributed by atoms with Gasteiger partial charge in [-0.15, -0.1) is 0 Å². The van der Waals surface area contributed by atoms with Gasteiger partial charge in [0.15, 0.2) is 0 Å². The zero-order valence-electron chi connectivity index (χ0n) is 8.92.